The number of fused-ring (bicyclic) bond motifs is 1. The largest absolute Gasteiger partial charge is 0.480 e. The van der Waals surface area contributed by atoms with Gasteiger partial charge in [-0.2, -0.15) is 28.7 Å². The quantitative estimate of drug-likeness (QED) is 0.514. The van der Waals surface area contributed by atoms with Crippen molar-refractivity contribution in [1.82, 2.24) is 9.62 Å². The molecule has 162 valence electrons. The average molecular weight is 469 g/mol. The van der Waals surface area contributed by atoms with Crippen molar-refractivity contribution in [2.75, 3.05) is 18.6 Å². The summed E-state index contributed by atoms with van der Waals surface area (Å²) in [6.45, 7) is 0.0822. The number of nitrogens with one attached hydrogen (secondary N) is 1. The van der Waals surface area contributed by atoms with E-state index in [1.165, 1.54) is 17.8 Å². The standard InChI is InChI=1S/C20H24N2O5S3/c1-29-9-8-17(20(24)25)21-19(23)18-11-15(28)12-22(18)30(26,27)16-7-6-13-4-2-3-5-14(13)10-16/h2-7,10,15,17-18,28H,8-9,11-12H2,1H3,(H,21,23)(H,24,25)/t15-,17-,18-/m0/s1. The molecule has 10 heteroatoms. The Bertz CT molecular complexity index is 1040. The van der Waals surface area contributed by atoms with Gasteiger partial charge in [-0.15, -0.1) is 0 Å². The minimum atomic E-state index is -3.96. The molecule has 0 radical (unpaired) electrons. The van der Waals surface area contributed by atoms with E-state index in [2.05, 4.69) is 17.9 Å². The number of nitrogens with zero attached hydrogens (tertiary/aromatic N) is 1. The molecule has 0 unspecified atom stereocenters. The van der Waals surface area contributed by atoms with Gasteiger partial charge in [0.15, 0.2) is 0 Å². The van der Waals surface area contributed by atoms with E-state index in [0.29, 0.717) is 5.75 Å². The third-order valence-electron chi connectivity index (χ3n) is 5.09. The van der Waals surface area contributed by atoms with E-state index in [9.17, 15) is 23.1 Å². The van der Waals surface area contributed by atoms with Crippen LogP contribution in [0.4, 0.5) is 0 Å². The summed E-state index contributed by atoms with van der Waals surface area (Å²) < 4.78 is 27.8. The second-order valence-electron chi connectivity index (χ2n) is 7.17. The molecule has 1 aliphatic rings. The van der Waals surface area contributed by atoms with Crippen molar-refractivity contribution in [3.8, 4) is 0 Å². The van der Waals surface area contributed by atoms with Crippen molar-refractivity contribution in [2.45, 2.75) is 35.1 Å². The lowest BCUT2D eigenvalue weighted by molar-refractivity contribution is -0.142. The summed E-state index contributed by atoms with van der Waals surface area (Å²) in [6, 6.07) is 10.2. The average Bonchev–Trinajstić information content (AvgIpc) is 3.13. The van der Waals surface area contributed by atoms with E-state index >= 15 is 0 Å². The van der Waals surface area contributed by atoms with Crippen molar-refractivity contribution in [3.05, 3.63) is 42.5 Å². The fourth-order valence-corrected chi connectivity index (χ4v) is 6.15. The summed E-state index contributed by atoms with van der Waals surface area (Å²) in [4.78, 5) is 24.4. The number of carbonyl (C=O) groups excluding carboxylic acids is 1. The third kappa shape index (κ3) is 4.93. The summed E-state index contributed by atoms with van der Waals surface area (Å²) in [5.74, 6) is -1.18. The number of amides is 1. The maximum absolute atomic E-state index is 13.3. The summed E-state index contributed by atoms with van der Waals surface area (Å²) in [6.07, 6.45) is 2.33. The molecule has 2 aromatic rings. The molecule has 1 fully saturated rings. The van der Waals surface area contributed by atoms with Crippen LogP contribution in [0.3, 0.4) is 0 Å². The molecule has 1 amide bonds. The van der Waals surface area contributed by atoms with Gasteiger partial charge >= 0.3 is 5.97 Å². The SMILES string of the molecule is CSCC[C@H](NC(=O)[C@@H]1C[C@H](S)CN1S(=O)(=O)c1ccc2ccccc2c1)C(=O)O. The first kappa shape index (κ1) is 22.9. The monoisotopic (exact) mass is 468 g/mol. The van der Waals surface area contributed by atoms with Gasteiger partial charge in [0.05, 0.1) is 4.90 Å². The normalized spacial score (nSPS) is 20.9. The number of sulfonamides is 1. The topological polar surface area (TPSA) is 104 Å². The van der Waals surface area contributed by atoms with Crippen molar-refractivity contribution < 1.29 is 23.1 Å². The molecule has 2 aromatic carbocycles. The first-order valence-electron chi connectivity index (χ1n) is 9.45. The zero-order valence-corrected chi connectivity index (χ0v) is 18.9. The summed E-state index contributed by atoms with van der Waals surface area (Å²) in [5.41, 5.74) is 0. The van der Waals surface area contributed by atoms with E-state index in [-0.39, 0.29) is 29.5 Å². The predicted octanol–water partition coefficient (Wildman–Crippen LogP) is 2.22. The molecule has 0 saturated carbocycles. The van der Waals surface area contributed by atoms with E-state index in [4.69, 9.17) is 0 Å². The lowest BCUT2D eigenvalue weighted by Crippen LogP contribution is -2.50. The number of hydrogen-bond acceptors (Lipinski definition) is 6. The number of thioether (sulfide) groups is 1. The number of hydrogen-bond donors (Lipinski definition) is 3. The Balaban J connectivity index is 1.86. The lowest BCUT2D eigenvalue weighted by Gasteiger charge is -2.25. The number of rotatable bonds is 8. The summed E-state index contributed by atoms with van der Waals surface area (Å²) >= 11 is 5.87. The lowest BCUT2D eigenvalue weighted by atomic mass is 10.1. The van der Waals surface area contributed by atoms with Gasteiger partial charge in [0, 0.05) is 11.8 Å². The van der Waals surface area contributed by atoms with Gasteiger partial charge < -0.3 is 10.4 Å². The molecule has 3 rings (SSSR count). The van der Waals surface area contributed by atoms with Crippen molar-refractivity contribution in [2.24, 2.45) is 0 Å². The molecular formula is C20H24N2O5S3. The van der Waals surface area contributed by atoms with Crippen molar-refractivity contribution in [3.63, 3.8) is 0 Å². The van der Waals surface area contributed by atoms with Gasteiger partial charge in [0.2, 0.25) is 15.9 Å². The highest BCUT2D eigenvalue weighted by molar-refractivity contribution is 7.98. The van der Waals surface area contributed by atoms with Crippen LogP contribution in [-0.2, 0) is 19.6 Å². The molecule has 0 aliphatic carbocycles. The number of benzene rings is 2. The third-order valence-corrected chi connectivity index (χ3v) is 7.98. The van der Waals surface area contributed by atoms with Gasteiger partial charge in [-0.3, -0.25) is 4.79 Å². The first-order chi connectivity index (χ1) is 14.2. The molecule has 1 aliphatic heterocycles. The smallest absolute Gasteiger partial charge is 0.326 e. The van der Waals surface area contributed by atoms with Crippen LogP contribution in [0.1, 0.15) is 12.8 Å². The number of aliphatic carboxylic acids is 1. The molecule has 0 aromatic heterocycles. The Morgan fingerprint density at radius 1 is 1.27 bits per heavy atom. The van der Waals surface area contributed by atoms with Gasteiger partial charge in [0.1, 0.15) is 12.1 Å². The van der Waals surface area contributed by atoms with Crippen LogP contribution in [0.5, 0.6) is 0 Å². The Morgan fingerprint density at radius 2 is 1.97 bits per heavy atom. The van der Waals surface area contributed by atoms with Crippen LogP contribution in [0.2, 0.25) is 0 Å². The van der Waals surface area contributed by atoms with Crippen LogP contribution in [0.15, 0.2) is 47.4 Å². The Hall–Kier alpha value is -1.75. The first-order valence-corrected chi connectivity index (χ1v) is 12.8. The Labute approximate surface area is 185 Å². The highest BCUT2D eigenvalue weighted by Gasteiger charge is 2.43. The minimum Gasteiger partial charge on any atom is -0.480 e. The van der Waals surface area contributed by atoms with Gasteiger partial charge in [-0.25, -0.2) is 13.2 Å². The van der Waals surface area contributed by atoms with Gasteiger partial charge in [-0.1, -0.05) is 30.3 Å². The fraction of sp³-hybridized carbons (Fsp3) is 0.400. The van der Waals surface area contributed by atoms with Crippen LogP contribution in [0.25, 0.3) is 10.8 Å². The summed E-state index contributed by atoms with van der Waals surface area (Å²) in [7, 11) is -3.96. The number of carbonyl (C=O) groups is 2. The maximum Gasteiger partial charge on any atom is 0.326 e. The fourth-order valence-electron chi connectivity index (χ4n) is 3.51. The molecule has 0 spiro atoms. The van der Waals surface area contributed by atoms with E-state index < -0.39 is 34.0 Å². The van der Waals surface area contributed by atoms with Crippen molar-refractivity contribution >= 4 is 57.1 Å². The van der Waals surface area contributed by atoms with Crippen molar-refractivity contribution in [1.29, 1.82) is 0 Å². The van der Waals surface area contributed by atoms with Crippen LogP contribution < -0.4 is 5.32 Å². The molecule has 1 heterocycles. The molecule has 3 atom stereocenters. The molecule has 30 heavy (non-hydrogen) atoms. The van der Waals surface area contributed by atoms with Crippen LogP contribution in [-0.4, -0.2) is 65.6 Å². The molecule has 1 saturated heterocycles. The van der Waals surface area contributed by atoms with E-state index in [1.54, 1.807) is 12.1 Å². The number of carboxylic acids is 1. The van der Waals surface area contributed by atoms with Gasteiger partial charge in [-0.05, 0) is 47.8 Å². The predicted molar refractivity (Wildman–Crippen MR) is 122 cm³/mol. The van der Waals surface area contributed by atoms with Crippen LogP contribution >= 0.6 is 24.4 Å². The second kappa shape index (κ2) is 9.59. The highest BCUT2D eigenvalue weighted by atomic mass is 32.2. The van der Waals surface area contributed by atoms with E-state index in [1.807, 2.05) is 30.5 Å². The molecule has 7 nitrogen and oxygen atoms in total. The zero-order valence-electron chi connectivity index (χ0n) is 16.4. The Kier molecular flexibility index (Phi) is 7.33. The molecule has 0 bridgehead atoms. The van der Waals surface area contributed by atoms with Gasteiger partial charge in [0.25, 0.3) is 0 Å². The Morgan fingerprint density at radius 3 is 2.63 bits per heavy atom. The number of carboxylic acid groups (broad SMARTS) is 1. The maximum atomic E-state index is 13.3. The summed E-state index contributed by atoms with van der Waals surface area (Å²) in [5, 5.41) is 13.3. The zero-order chi connectivity index (χ0) is 21.9. The van der Waals surface area contributed by atoms with E-state index in [0.717, 1.165) is 15.1 Å². The highest BCUT2D eigenvalue weighted by Crippen LogP contribution is 2.30. The second-order valence-corrected chi connectivity index (χ2v) is 10.8. The van der Waals surface area contributed by atoms with Crippen LogP contribution in [0, 0.1) is 0 Å². The molecular weight excluding hydrogens is 444 g/mol. The number of thiol groups is 1. The molecule has 2 N–H and O–H groups in total. The minimum absolute atomic E-state index is 0.0822.